The molecule has 1 aliphatic rings. The standard InChI is InChI=1S/C12H16F2N2O2S/c1-12(4-2-3-5-12)16-19(17,18)10-7-8(15)6-9(13)11(10)14/h6-7,16H,2-5,15H2,1H3. The zero-order valence-electron chi connectivity index (χ0n) is 10.5. The van der Waals surface area contributed by atoms with Crippen molar-refractivity contribution in [3.05, 3.63) is 23.8 Å². The van der Waals surface area contributed by atoms with Crippen LogP contribution in [0.3, 0.4) is 0 Å². The number of hydrogen-bond donors (Lipinski definition) is 2. The van der Waals surface area contributed by atoms with Gasteiger partial charge in [0.2, 0.25) is 10.0 Å². The lowest BCUT2D eigenvalue weighted by Gasteiger charge is -2.25. The minimum atomic E-state index is -4.12. The third kappa shape index (κ3) is 2.87. The SMILES string of the molecule is CC1(NS(=O)(=O)c2cc(N)cc(F)c2F)CCCC1. The lowest BCUT2D eigenvalue weighted by molar-refractivity contribution is 0.423. The van der Waals surface area contributed by atoms with Gasteiger partial charge >= 0.3 is 0 Å². The summed E-state index contributed by atoms with van der Waals surface area (Å²) in [7, 11) is -4.12. The first-order valence-electron chi connectivity index (χ1n) is 6.02. The Morgan fingerprint density at radius 2 is 1.84 bits per heavy atom. The minimum absolute atomic E-state index is 0.129. The molecule has 0 bridgehead atoms. The molecule has 1 aliphatic carbocycles. The molecule has 0 radical (unpaired) electrons. The number of anilines is 1. The van der Waals surface area contributed by atoms with Gasteiger partial charge in [-0.2, -0.15) is 0 Å². The van der Waals surface area contributed by atoms with Gasteiger partial charge in [0, 0.05) is 11.2 Å². The number of nitrogen functional groups attached to an aromatic ring is 1. The van der Waals surface area contributed by atoms with Gasteiger partial charge < -0.3 is 5.73 Å². The molecule has 7 heteroatoms. The largest absolute Gasteiger partial charge is 0.399 e. The van der Waals surface area contributed by atoms with Gasteiger partial charge in [-0.25, -0.2) is 21.9 Å². The van der Waals surface area contributed by atoms with Crippen molar-refractivity contribution < 1.29 is 17.2 Å². The maximum atomic E-state index is 13.6. The quantitative estimate of drug-likeness (QED) is 0.838. The van der Waals surface area contributed by atoms with Gasteiger partial charge in [-0.1, -0.05) is 12.8 Å². The van der Waals surface area contributed by atoms with Crippen molar-refractivity contribution in [1.29, 1.82) is 0 Å². The summed E-state index contributed by atoms with van der Waals surface area (Å²) < 4.78 is 53.6. The van der Waals surface area contributed by atoms with Gasteiger partial charge in [0.1, 0.15) is 4.90 Å². The number of halogens is 2. The number of nitrogens with two attached hydrogens (primary N) is 1. The molecule has 1 fully saturated rings. The Bertz CT molecular complexity index is 596. The lowest BCUT2D eigenvalue weighted by atomic mass is 10.0. The van der Waals surface area contributed by atoms with Crippen molar-refractivity contribution in [2.75, 3.05) is 5.73 Å². The van der Waals surface area contributed by atoms with E-state index in [9.17, 15) is 17.2 Å². The third-order valence-electron chi connectivity index (χ3n) is 3.39. The summed E-state index contributed by atoms with van der Waals surface area (Å²) in [5.41, 5.74) is 4.63. The Kier molecular flexibility index (Phi) is 3.53. The van der Waals surface area contributed by atoms with Crippen LogP contribution >= 0.6 is 0 Å². The van der Waals surface area contributed by atoms with Crippen LogP contribution in [0.2, 0.25) is 0 Å². The van der Waals surface area contributed by atoms with Crippen molar-refractivity contribution in [2.24, 2.45) is 0 Å². The Labute approximate surface area is 111 Å². The summed E-state index contributed by atoms with van der Waals surface area (Å²) in [5.74, 6) is -2.67. The molecule has 4 nitrogen and oxygen atoms in total. The van der Waals surface area contributed by atoms with Gasteiger partial charge in [-0.3, -0.25) is 0 Å². The van der Waals surface area contributed by atoms with E-state index in [0.717, 1.165) is 25.0 Å². The van der Waals surface area contributed by atoms with Crippen LogP contribution in [0.1, 0.15) is 32.6 Å². The zero-order valence-corrected chi connectivity index (χ0v) is 11.4. The molecule has 106 valence electrons. The maximum Gasteiger partial charge on any atom is 0.244 e. The fraction of sp³-hybridized carbons (Fsp3) is 0.500. The second kappa shape index (κ2) is 4.72. The topological polar surface area (TPSA) is 72.2 Å². The van der Waals surface area contributed by atoms with Crippen LogP contribution in [0.25, 0.3) is 0 Å². The molecule has 1 saturated carbocycles. The van der Waals surface area contributed by atoms with Crippen LogP contribution < -0.4 is 10.5 Å². The summed E-state index contributed by atoms with van der Waals surface area (Å²) >= 11 is 0. The van der Waals surface area contributed by atoms with Crippen molar-refractivity contribution in [3.8, 4) is 0 Å². The van der Waals surface area contributed by atoms with Crippen LogP contribution in [0.15, 0.2) is 17.0 Å². The minimum Gasteiger partial charge on any atom is -0.399 e. The van der Waals surface area contributed by atoms with Crippen LogP contribution in [0.5, 0.6) is 0 Å². The molecular formula is C12H16F2N2O2S. The zero-order chi connectivity index (χ0) is 14.3. The van der Waals surface area contributed by atoms with Crippen LogP contribution in [0, 0.1) is 11.6 Å². The summed E-state index contributed by atoms with van der Waals surface area (Å²) in [6.07, 6.45) is 3.18. The number of rotatable bonds is 3. The number of benzene rings is 1. The van der Waals surface area contributed by atoms with Crippen LogP contribution in [-0.4, -0.2) is 14.0 Å². The van der Waals surface area contributed by atoms with E-state index in [-0.39, 0.29) is 5.69 Å². The van der Waals surface area contributed by atoms with E-state index in [4.69, 9.17) is 5.73 Å². The molecule has 0 saturated heterocycles. The molecule has 2 rings (SSSR count). The summed E-state index contributed by atoms with van der Waals surface area (Å²) in [5, 5.41) is 0. The van der Waals surface area contributed by atoms with Gasteiger partial charge in [0.15, 0.2) is 11.6 Å². The Balaban J connectivity index is 2.40. The van der Waals surface area contributed by atoms with E-state index in [1.54, 1.807) is 6.92 Å². The summed E-state index contributed by atoms with van der Waals surface area (Å²) in [6, 6.07) is 1.69. The fourth-order valence-electron chi connectivity index (χ4n) is 2.42. The van der Waals surface area contributed by atoms with E-state index in [1.165, 1.54) is 0 Å². The normalized spacial score (nSPS) is 18.7. The average molecular weight is 290 g/mol. The van der Waals surface area contributed by atoms with Crippen LogP contribution in [0.4, 0.5) is 14.5 Å². The van der Waals surface area contributed by atoms with Crippen molar-refractivity contribution >= 4 is 15.7 Å². The van der Waals surface area contributed by atoms with Crippen LogP contribution in [-0.2, 0) is 10.0 Å². The van der Waals surface area contributed by atoms with E-state index in [1.807, 2.05) is 0 Å². The molecule has 1 aromatic rings. The summed E-state index contributed by atoms with van der Waals surface area (Å²) in [4.78, 5) is -0.738. The Hall–Kier alpha value is -1.21. The molecule has 0 amide bonds. The van der Waals surface area contributed by atoms with Crippen molar-refractivity contribution in [1.82, 2.24) is 4.72 Å². The predicted octanol–water partition coefficient (Wildman–Crippen LogP) is 2.16. The van der Waals surface area contributed by atoms with Gasteiger partial charge in [-0.05, 0) is 31.9 Å². The third-order valence-corrected chi connectivity index (χ3v) is 5.03. The molecule has 0 aliphatic heterocycles. The second-order valence-corrected chi connectivity index (χ2v) is 6.84. The van der Waals surface area contributed by atoms with E-state index >= 15 is 0 Å². The number of hydrogen-bond acceptors (Lipinski definition) is 3. The number of sulfonamides is 1. The first-order valence-corrected chi connectivity index (χ1v) is 7.50. The average Bonchev–Trinajstić information content (AvgIpc) is 2.68. The molecule has 0 aromatic heterocycles. The molecular weight excluding hydrogens is 274 g/mol. The van der Waals surface area contributed by atoms with E-state index in [2.05, 4.69) is 4.72 Å². The lowest BCUT2D eigenvalue weighted by Crippen LogP contribution is -2.43. The Morgan fingerprint density at radius 1 is 1.26 bits per heavy atom. The Morgan fingerprint density at radius 3 is 2.42 bits per heavy atom. The second-order valence-electron chi connectivity index (χ2n) is 5.19. The first kappa shape index (κ1) is 14.2. The first-order chi connectivity index (χ1) is 8.73. The highest BCUT2D eigenvalue weighted by Crippen LogP contribution is 2.31. The van der Waals surface area contributed by atoms with Gasteiger partial charge in [0.05, 0.1) is 0 Å². The highest BCUT2D eigenvalue weighted by Gasteiger charge is 2.35. The molecule has 0 atom stereocenters. The predicted molar refractivity (Wildman–Crippen MR) is 68.0 cm³/mol. The van der Waals surface area contributed by atoms with Crippen molar-refractivity contribution in [2.45, 2.75) is 43.0 Å². The van der Waals surface area contributed by atoms with E-state index in [0.29, 0.717) is 12.8 Å². The number of nitrogens with one attached hydrogen (secondary N) is 1. The highest BCUT2D eigenvalue weighted by molar-refractivity contribution is 7.89. The molecule has 0 unspecified atom stereocenters. The summed E-state index contributed by atoms with van der Waals surface area (Å²) in [6.45, 7) is 1.76. The molecule has 0 spiro atoms. The maximum absolute atomic E-state index is 13.6. The molecule has 0 heterocycles. The highest BCUT2D eigenvalue weighted by atomic mass is 32.2. The van der Waals surface area contributed by atoms with Crippen molar-refractivity contribution in [3.63, 3.8) is 0 Å². The monoisotopic (exact) mass is 290 g/mol. The fourth-order valence-corrected chi connectivity index (χ4v) is 4.00. The molecule has 1 aromatic carbocycles. The molecule has 19 heavy (non-hydrogen) atoms. The molecule has 3 N–H and O–H groups in total. The smallest absolute Gasteiger partial charge is 0.244 e. The van der Waals surface area contributed by atoms with Gasteiger partial charge in [-0.15, -0.1) is 0 Å². The van der Waals surface area contributed by atoms with Gasteiger partial charge in [0.25, 0.3) is 0 Å². The van der Waals surface area contributed by atoms with E-state index < -0.39 is 32.1 Å².